The van der Waals surface area contributed by atoms with Gasteiger partial charge in [-0.1, -0.05) is 6.92 Å². The number of furan rings is 1. The Bertz CT molecular complexity index is 651. The number of benzene rings is 1. The minimum absolute atomic E-state index is 0.166. The highest BCUT2D eigenvalue weighted by Gasteiger charge is 2.33. The van der Waals surface area contributed by atoms with Crippen LogP contribution in [0, 0.1) is 5.82 Å². The van der Waals surface area contributed by atoms with E-state index in [1.54, 1.807) is 12.1 Å². The number of nitrogens with one attached hydrogen (secondary N) is 1. The highest BCUT2D eigenvalue weighted by molar-refractivity contribution is 6.03. The summed E-state index contributed by atoms with van der Waals surface area (Å²) in [5.74, 6) is -0.699. The van der Waals surface area contributed by atoms with Crippen molar-refractivity contribution in [3.63, 3.8) is 0 Å². The Morgan fingerprint density at radius 2 is 2.30 bits per heavy atom. The van der Waals surface area contributed by atoms with Crippen LogP contribution in [0.3, 0.4) is 0 Å². The Morgan fingerprint density at radius 3 is 2.95 bits per heavy atom. The Morgan fingerprint density at radius 1 is 1.50 bits per heavy atom. The molecule has 2 heterocycles. The molecule has 1 aliphatic rings. The molecule has 1 aliphatic heterocycles. The number of aliphatic hydroxyl groups is 1. The molecule has 1 amide bonds. The molecule has 1 aromatic carbocycles. The maximum absolute atomic E-state index is 13.8. The highest BCUT2D eigenvalue weighted by Crippen LogP contribution is 2.41. The number of carbonyl (C=O) groups excluding carboxylic acids is 1. The van der Waals surface area contributed by atoms with Crippen molar-refractivity contribution in [3.05, 3.63) is 53.2 Å². The third-order valence-electron chi connectivity index (χ3n) is 3.62. The highest BCUT2D eigenvalue weighted by atomic mass is 19.1. The monoisotopic (exact) mass is 275 g/mol. The quantitative estimate of drug-likeness (QED) is 0.905. The molecule has 2 N–H and O–H groups in total. The zero-order valence-corrected chi connectivity index (χ0v) is 10.9. The van der Waals surface area contributed by atoms with E-state index < -0.39 is 11.9 Å². The van der Waals surface area contributed by atoms with Crippen molar-refractivity contribution in [1.82, 2.24) is 0 Å². The normalized spacial score (nSPS) is 18.8. The van der Waals surface area contributed by atoms with Crippen LogP contribution in [0.5, 0.6) is 0 Å². The number of aliphatic hydroxyl groups excluding tert-OH is 1. The number of amides is 1. The van der Waals surface area contributed by atoms with Crippen molar-refractivity contribution in [2.45, 2.75) is 25.4 Å². The van der Waals surface area contributed by atoms with Crippen molar-refractivity contribution in [2.75, 3.05) is 5.32 Å². The molecule has 2 unspecified atom stereocenters. The van der Waals surface area contributed by atoms with Gasteiger partial charge in [0.05, 0.1) is 17.9 Å². The van der Waals surface area contributed by atoms with Crippen LogP contribution in [0.1, 0.15) is 42.3 Å². The van der Waals surface area contributed by atoms with Gasteiger partial charge in [-0.2, -0.15) is 0 Å². The van der Waals surface area contributed by atoms with E-state index in [4.69, 9.17) is 4.42 Å². The molecule has 0 aliphatic carbocycles. The topological polar surface area (TPSA) is 62.5 Å². The fourth-order valence-corrected chi connectivity index (χ4v) is 2.64. The van der Waals surface area contributed by atoms with Crippen molar-refractivity contribution in [2.24, 2.45) is 0 Å². The Kier molecular flexibility index (Phi) is 3.06. The van der Waals surface area contributed by atoms with Crippen LogP contribution in [-0.2, 0) is 4.79 Å². The van der Waals surface area contributed by atoms with Gasteiger partial charge in [0.25, 0.3) is 0 Å². The van der Waals surface area contributed by atoms with Crippen molar-refractivity contribution >= 4 is 11.6 Å². The third-order valence-corrected chi connectivity index (χ3v) is 3.62. The molecular weight excluding hydrogens is 261 g/mol. The molecule has 0 radical (unpaired) electrons. The molecular formula is C15H14FNO3. The molecule has 4 nitrogen and oxygen atoms in total. The van der Waals surface area contributed by atoms with Gasteiger partial charge in [0.2, 0.25) is 5.91 Å². The van der Waals surface area contributed by atoms with Gasteiger partial charge in [0.1, 0.15) is 17.7 Å². The first-order valence-corrected chi connectivity index (χ1v) is 6.47. The molecule has 20 heavy (non-hydrogen) atoms. The summed E-state index contributed by atoms with van der Waals surface area (Å²) in [6, 6.07) is 5.83. The molecule has 0 saturated carbocycles. The van der Waals surface area contributed by atoms with Gasteiger partial charge in [0.15, 0.2) is 0 Å². The van der Waals surface area contributed by atoms with Crippen LogP contribution in [0.4, 0.5) is 10.1 Å². The summed E-state index contributed by atoms with van der Waals surface area (Å²) in [5.41, 5.74) is 1.41. The first-order valence-electron chi connectivity index (χ1n) is 6.47. The first-order chi connectivity index (χ1) is 9.61. The average Bonchev–Trinajstić information content (AvgIpc) is 3.04. The van der Waals surface area contributed by atoms with Gasteiger partial charge in [-0.25, -0.2) is 4.39 Å². The summed E-state index contributed by atoms with van der Waals surface area (Å²) in [4.78, 5) is 11.9. The lowest BCUT2D eigenvalue weighted by Gasteiger charge is -2.14. The molecule has 0 saturated heterocycles. The van der Waals surface area contributed by atoms with Crippen molar-refractivity contribution in [1.29, 1.82) is 0 Å². The number of hydrogen-bond donors (Lipinski definition) is 2. The number of hydrogen-bond acceptors (Lipinski definition) is 3. The predicted molar refractivity (Wildman–Crippen MR) is 70.8 cm³/mol. The number of carbonyl (C=O) groups is 1. The summed E-state index contributed by atoms with van der Waals surface area (Å²) in [5, 5.41) is 13.0. The Hall–Kier alpha value is -2.14. The zero-order chi connectivity index (χ0) is 14.3. The van der Waals surface area contributed by atoms with Crippen molar-refractivity contribution in [3.8, 4) is 0 Å². The van der Waals surface area contributed by atoms with Crippen LogP contribution in [0.2, 0.25) is 0 Å². The summed E-state index contributed by atoms with van der Waals surface area (Å²) in [6.45, 7) is 1.87. The molecule has 2 aromatic rings. The van der Waals surface area contributed by atoms with E-state index in [1.807, 2.05) is 6.92 Å². The van der Waals surface area contributed by atoms with E-state index in [-0.39, 0.29) is 11.8 Å². The van der Waals surface area contributed by atoms with Crippen molar-refractivity contribution < 1.29 is 18.7 Å². The minimum Gasteiger partial charge on any atom is -0.466 e. The number of rotatable bonds is 3. The maximum atomic E-state index is 13.8. The molecule has 3 rings (SSSR count). The van der Waals surface area contributed by atoms with Gasteiger partial charge < -0.3 is 14.8 Å². The third kappa shape index (κ3) is 1.91. The minimum atomic E-state index is -1.11. The Balaban J connectivity index is 2.12. The molecule has 104 valence electrons. The predicted octanol–water partition coefficient (Wildman–Crippen LogP) is 2.95. The summed E-state index contributed by atoms with van der Waals surface area (Å²) < 4.78 is 18.9. The Labute approximate surface area is 115 Å². The number of halogens is 1. The van der Waals surface area contributed by atoms with Gasteiger partial charge in [-0.3, -0.25) is 4.79 Å². The fraction of sp³-hybridized carbons (Fsp3) is 0.267. The summed E-state index contributed by atoms with van der Waals surface area (Å²) in [6.07, 6.45) is 0.912. The second kappa shape index (κ2) is 4.76. The van der Waals surface area contributed by atoms with E-state index in [2.05, 4.69) is 5.32 Å². The lowest BCUT2D eigenvalue weighted by Crippen LogP contribution is -2.11. The zero-order valence-electron chi connectivity index (χ0n) is 10.9. The smallest absolute Gasteiger partial charge is 0.232 e. The van der Waals surface area contributed by atoms with E-state index in [0.29, 0.717) is 29.0 Å². The SMILES string of the molecule is CCC1C(=O)Nc2c1cc(F)cc2C(O)c1ccco1. The van der Waals surface area contributed by atoms with Crippen LogP contribution >= 0.6 is 0 Å². The van der Waals surface area contributed by atoms with E-state index >= 15 is 0 Å². The van der Waals surface area contributed by atoms with Crippen LogP contribution < -0.4 is 5.32 Å². The first kappa shape index (κ1) is 12.9. The van der Waals surface area contributed by atoms with E-state index in [1.165, 1.54) is 18.4 Å². The second-order valence-corrected chi connectivity index (χ2v) is 4.83. The number of fused-ring (bicyclic) bond motifs is 1. The van der Waals surface area contributed by atoms with E-state index in [0.717, 1.165) is 0 Å². The lowest BCUT2D eigenvalue weighted by molar-refractivity contribution is -0.117. The molecule has 5 heteroatoms. The number of anilines is 1. The van der Waals surface area contributed by atoms with Crippen LogP contribution in [0.15, 0.2) is 34.9 Å². The summed E-state index contributed by atoms with van der Waals surface area (Å²) >= 11 is 0. The maximum Gasteiger partial charge on any atom is 0.232 e. The van der Waals surface area contributed by atoms with Gasteiger partial charge in [0, 0.05) is 5.56 Å². The molecule has 2 atom stereocenters. The standard InChI is InChI=1S/C15H14FNO3/c1-2-9-10-6-8(16)7-11(13(10)17-15(9)19)14(18)12-4-3-5-20-12/h3-7,9,14,18H,2H2,1H3,(H,17,19). The fourth-order valence-electron chi connectivity index (χ4n) is 2.64. The van der Waals surface area contributed by atoms with Gasteiger partial charge in [-0.15, -0.1) is 0 Å². The summed E-state index contributed by atoms with van der Waals surface area (Å²) in [7, 11) is 0. The molecule has 0 fully saturated rings. The van der Waals surface area contributed by atoms with Gasteiger partial charge in [-0.05, 0) is 36.2 Å². The van der Waals surface area contributed by atoms with Crippen LogP contribution in [-0.4, -0.2) is 11.0 Å². The second-order valence-electron chi connectivity index (χ2n) is 4.83. The lowest BCUT2D eigenvalue weighted by atomic mass is 9.94. The molecule has 1 aromatic heterocycles. The molecule has 0 bridgehead atoms. The largest absolute Gasteiger partial charge is 0.466 e. The van der Waals surface area contributed by atoms with Gasteiger partial charge >= 0.3 is 0 Å². The molecule has 0 spiro atoms. The van der Waals surface area contributed by atoms with E-state index in [9.17, 15) is 14.3 Å². The van der Waals surface area contributed by atoms with Crippen LogP contribution in [0.25, 0.3) is 0 Å². The average molecular weight is 275 g/mol.